The van der Waals surface area contributed by atoms with Crippen LogP contribution in [0.3, 0.4) is 0 Å². The van der Waals surface area contributed by atoms with Gasteiger partial charge in [0.1, 0.15) is 5.82 Å². The van der Waals surface area contributed by atoms with Gasteiger partial charge in [-0.1, -0.05) is 0 Å². The maximum atomic E-state index is 4.62. The average molecular weight is 259 g/mol. The van der Waals surface area contributed by atoms with Crippen LogP contribution in [-0.2, 0) is 0 Å². The lowest BCUT2D eigenvalue weighted by Crippen LogP contribution is -2.40. The molecule has 2 atom stereocenters. The lowest BCUT2D eigenvalue weighted by Gasteiger charge is -2.24. The Morgan fingerprint density at radius 3 is 3.28 bits per heavy atom. The van der Waals surface area contributed by atoms with Gasteiger partial charge in [0.15, 0.2) is 0 Å². The number of rotatable bonds is 1. The highest BCUT2D eigenvalue weighted by Gasteiger charge is 2.35. The molecule has 2 aliphatic rings. The second-order valence-electron chi connectivity index (χ2n) is 5.33. The van der Waals surface area contributed by atoms with Crippen LogP contribution < -0.4 is 10.2 Å². The van der Waals surface area contributed by atoms with E-state index in [2.05, 4.69) is 32.7 Å². The minimum absolute atomic E-state index is 0.675. The highest BCUT2D eigenvalue weighted by Crippen LogP contribution is 2.33. The molecule has 94 valence electrons. The van der Waals surface area contributed by atoms with Crippen LogP contribution in [0.1, 0.15) is 12.8 Å². The maximum Gasteiger partial charge on any atom is 0.137 e. The molecule has 2 aromatic rings. The van der Waals surface area contributed by atoms with Crippen molar-refractivity contribution < 1.29 is 0 Å². The Morgan fingerprint density at radius 1 is 1.33 bits per heavy atom. The van der Waals surface area contributed by atoms with E-state index in [1.807, 2.05) is 6.20 Å². The fraction of sp³-hybridized carbons (Fsp3) is 0.500. The lowest BCUT2D eigenvalue weighted by atomic mass is 9.94. The monoisotopic (exact) mass is 259 g/mol. The smallest absolute Gasteiger partial charge is 0.137 e. The van der Waals surface area contributed by atoms with Crippen LogP contribution in [0.25, 0.3) is 10.1 Å². The molecule has 0 amide bonds. The van der Waals surface area contributed by atoms with Crippen LogP contribution in [0.15, 0.2) is 23.7 Å². The van der Waals surface area contributed by atoms with Gasteiger partial charge in [0.05, 0.1) is 0 Å². The molecule has 0 aromatic carbocycles. The fourth-order valence-electron chi connectivity index (χ4n) is 3.35. The molecule has 0 aliphatic carbocycles. The van der Waals surface area contributed by atoms with Crippen molar-refractivity contribution in [2.45, 2.75) is 18.9 Å². The normalized spacial score (nSPS) is 27.7. The minimum Gasteiger partial charge on any atom is -0.354 e. The number of thiophene rings is 1. The first-order valence-corrected chi connectivity index (χ1v) is 7.60. The maximum absolute atomic E-state index is 4.62. The third-order valence-corrected chi connectivity index (χ3v) is 5.14. The van der Waals surface area contributed by atoms with E-state index < -0.39 is 0 Å². The molecule has 0 spiro atoms. The van der Waals surface area contributed by atoms with E-state index in [0.29, 0.717) is 6.04 Å². The molecule has 18 heavy (non-hydrogen) atoms. The SMILES string of the molecule is c1cc2sccc2c(N2C[C@@H]3CCCN[C@@H]3C2)n1. The minimum atomic E-state index is 0.675. The summed E-state index contributed by atoms with van der Waals surface area (Å²) in [4.78, 5) is 7.10. The largest absolute Gasteiger partial charge is 0.354 e. The van der Waals surface area contributed by atoms with Crippen molar-refractivity contribution in [2.75, 3.05) is 24.5 Å². The van der Waals surface area contributed by atoms with Crippen LogP contribution in [0.4, 0.5) is 5.82 Å². The summed E-state index contributed by atoms with van der Waals surface area (Å²) < 4.78 is 1.35. The summed E-state index contributed by atoms with van der Waals surface area (Å²) in [5.74, 6) is 2.00. The molecule has 0 radical (unpaired) electrons. The van der Waals surface area contributed by atoms with Crippen molar-refractivity contribution in [1.29, 1.82) is 0 Å². The molecule has 0 saturated carbocycles. The number of nitrogens with zero attached hydrogens (tertiary/aromatic N) is 2. The van der Waals surface area contributed by atoms with Crippen molar-refractivity contribution in [2.24, 2.45) is 5.92 Å². The van der Waals surface area contributed by atoms with Crippen LogP contribution in [0.5, 0.6) is 0 Å². The predicted octanol–water partition coefficient (Wildman–Crippen LogP) is 2.48. The molecular weight excluding hydrogens is 242 g/mol. The molecule has 2 fully saturated rings. The Balaban J connectivity index is 1.69. The Labute approximate surface area is 111 Å². The first-order valence-electron chi connectivity index (χ1n) is 6.72. The van der Waals surface area contributed by atoms with E-state index in [9.17, 15) is 0 Å². The van der Waals surface area contributed by atoms with Crippen molar-refractivity contribution in [3.05, 3.63) is 23.7 Å². The number of fused-ring (bicyclic) bond motifs is 2. The molecule has 4 heteroatoms. The van der Waals surface area contributed by atoms with Gasteiger partial charge in [-0.3, -0.25) is 0 Å². The van der Waals surface area contributed by atoms with Crippen LogP contribution in [0.2, 0.25) is 0 Å². The van der Waals surface area contributed by atoms with Gasteiger partial charge in [0, 0.05) is 35.4 Å². The highest BCUT2D eigenvalue weighted by molar-refractivity contribution is 7.17. The van der Waals surface area contributed by atoms with Crippen LogP contribution in [0, 0.1) is 5.92 Å². The van der Waals surface area contributed by atoms with Crippen molar-refractivity contribution in [3.63, 3.8) is 0 Å². The van der Waals surface area contributed by atoms with E-state index in [0.717, 1.165) is 12.5 Å². The van der Waals surface area contributed by atoms with Gasteiger partial charge < -0.3 is 10.2 Å². The molecule has 2 aromatic heterocycles. The van der Waals surface area contributed by atoms with Crippen LogP contribution >= 0.6 is 11.3 Å². The first-order chi connectivity index (χ1) is 8.92. The number of aromatic nitrogens is 1. The number of nitrogens with one attached hydrogen (secondary N) is 1. The van der Waals surface area contributed by atoms with Crippen LogP contribution in [-0.4, -0.2) is 30.7 Å². The van der Waals surface area contributed by atoms with Gasteiger partial charge in [-0.15, -0.1) is 11.3 Å². The molecule has 1 N–H and O–H groups in total. The lowest BCUT2D eigenvalue weighted by molar-refractivity contribution is 0.340. The van der Waals surface area contributed by atoms with E-state index in [4.69, 9.17) is 0 Å². The number of anilines is 1. The molecule has 4 rings (SSSR count). The first kappa shape index (κ1) is 10.8. The van der Waals surface area contributed by atoms with E-state index in [-0.39, 0.29) is 0 Å². The summed E-state index contributed by atoms with van der Waals surface area (Å²) in [6.45, 7) is 3.47. The molecule has 0 bridgehead atoms. The highest BCUT2D eigenvalue weighted by atomic mass is 32.1. The van der Waals surface area contributed by atoms with E-state index in [1.165, 1.54) is 41.8 Å². The van der Waals surface area contributed by atoms with Crippen molar-refractivity contribution in [3.8, 4) is 0 Å². The van der Waals surface area contributed by atoms with Gasteiger partial charge in [-0.2, -0.15) is 0 Å². The number of hydrogen-bond acceptors (Lipinski definition) is 4. The van der Waals surface area contributed by atoms with Crippen molar-refractivity contribution >= 4 is 27.2 Å². The average Bonchev–Trinajstić information content (AvgIpc) is 3.04. The molecule has 3 nitrogen and oxygen atoms in total. The van der Waals surface area contributed by atoms with E-state index >= 15 is 0 Å². The summed E-state index contributed by atoms with van der Waals surface area (Å²) in [5.41, 5.74) is 0. The second kappa shape index (κ2) is 4.21. The summed E-state index contributed by atoms with van der Waals surface area (Å²) in [6.07, 6.45) is 4.64. The standard InChI is InChI=1S/C14H17N3S/c1-2-10-8-17(9-12(10)15-5-1)14-11-4-7-18-13(11)3-6-16-14/h3-4,6-7,10,12,15H,1-2,5,8-9H2/t10-,12+/m0/s1. The van der Waals surface area contributed by atoms with E-state index in [1.54, 1.807) is 11.3 Å². The Hall–Kier alpha value is -1.13. The fourth-order valence-corrected chi connectivity index (χ4v) is 4.13. The van der Waals surface area contributed by atoms with Gasteiger partial charge in [0.25, 0.3) is 0 Å². The summed E-state index contributed by atoms with van der Waals surface area (Å²) in [7, 11) is 0. The molecule has 2 saturated heterocycles. The molecule has 2 aliphatic heterocycles. The van der Waals surface area contributed by atoms with Crippen molar-refractivity contribution in [1.82, 2.24) is 10.3 Å². The quantitative estimate of drug-likeness (QED) is 0.853. The Bertz CT molecular complexity index is 551. The Kier molecular flexibility index (Phi) is 2.52. The summed E-state index contributed by atoms with van der Waals surface area (Å²) in [6, 6.07) is 5.00. The van der Waals surface area contributed by atoms with Gasteiger partial charge in [-0.05, 0) is 42.8 Å². The zero-order valence-electron chi connectivity index (χ0n) is 10.3. The zero-order valence-corrected chi connectivity index (χ0v) is 11.1. The third kappa shape index (κ3) is 1.63. The molecular formula is C14H17N3S. The Morgan fingerprint density at radius 2 is 2.33 bits per heavy atom. The number of hydrogen-bond donors (Lipinski definition) is 1. The molecule has 4 heterocycles. The number of piperidine rings is 1. The summed E-state index contributed by atoms with van der Waals surface area (Å²) >= 11 is 1.80. The third-order valence-electron chi connectivity index (χ3n) is 4.26. The second-order valence-corrected chi connectivity index (χ2v) is 6.28. The van der Waals surface area contributed by atoms with Gasteiger partial charge in [0.2, 0.25) is 0 Å². The topological polar surface area (TPSA) is 28.2 Å². The zero-order chi connectivity index (χ0) is 11.9. The molecule has 0 unspecified atom stereocenters. The predicted molar refractivity (Wildman–Crippen MR) is 76.3 cm³/mol. The van der Waals surface area contributed by atoms with Gasteiger partial charge >= 0.3 is 0 Å². The summed E-state index contributed by atoms with van der Waals surface area (Å²) in [5, 5.41) is 7.14. The van der Waals surface area contributed by atoms with Gasteiger partial charge in [-0.25, -0.2) is 4.98 Å². The number of pyridine rings is 1.